The zero-order chi connectivity index (χ0) is 9.28. The van der Waals surface area contributed by atoms with Gasteiger partial charge in [0.25, 0.3) is 0 Å². The fraction of sp³-hybridized carbons (Fsp3) is 0.818. The highest BCUT2D eigenvalue weighted by atomic mass is 14.2. The molecule has 1 aliphatic rings. The first kappa shape index (κ1) is 13.3. The third-order valence-electron chi connectivity index (χ3n) is 1.85. The maximum Gasteiger partial charge on any atom is -0.0233 e. The lowest BCUT2D eigenvalue weighted by Gasteiger charge is -2.04. The van der Waals surface area contributed by atoms with Gasteiger partial charge in [-0.15, -0.1) is 0 Å². The Morgan fingerprint density at radius 1 is 1.00 bits per heavy atom. The van der Waals surface area contributed by atoms with Crippen molar-refractivity contribution in [1.82, 2.24) is 0 Å². The van der Waals surface area contributed by atoms with Crippen LogP contribution in [0.25, 0.3) is 0 Å². The van der Waals surface area contributed by atoms with E-state index in [-0.39, 0.29) is 0 Å². The van der Waals surface area contributed by atoms with E-state index in [2.05, 4.69) is 26.0 Å². The van der Waals surface area contributed by atoms with E-state index >= 15 is 0 Å². The molecule has 2 atom stereocenters. The van der Waals surface area contributed by atoms with E-state index in [1.54, 1.807) is 0 Å². The van der Waals surface area contributed by atoms with Gasteiger partial charge in [-0.2, -0.15) is 0 Å². The fourth-order valence-electron chi connectivity index (χ4n) is 0.912. The Kier molecular flexibility index (Phi) is 11.8. The van der Waals surface area contributed by atoms with Crippen molar-refractivity contribution < 1.29 is 0 Å². The van der Waals surface area contributed by atoms with Crippen molar-refractivity contribution in [3.05, 3.63) is 12.2 Å². The van der Waals surface area contributed by atoms with Crippen LogP contribution in [0.2, 0.25) is 0 Å². The van der Waals surface area contributed by atoms with E-state index < -0.39 is 0 Å². The maximum absolute atomic E-state index is 2.30. The fourth-order valence-corrected chi connectivity index (χ4v) is 0.912. The third-order valence-corrected chi connectivity index (χ3v) is 1.85. The minimum Gasteiger partial charge on any atom is -0.0880 e. The largest absolute Gasteiger partial charge is 0.0880 e. The molecule has 1 rings (SSSR count). The van der Waals surface area contributed by atoms with Gasteiger partial charge < -0.3 is 0 Å². The zero-order valence-corrected chi connectivity index (χ0v) is 9.02. The first-order valence-electron chi connectivity index (χ1n) is 4.97. The zero-order valence-electron chi connectivity index (χ0n) is 9.02. The molecule has 0 aromatic rings. The van der Waals surface area contributed by atoms with Crippen molar-refractivity contribution in [2.24, 2.45) is 11.8 Å². The van der Waals surface area contributed by atoms with E-state index in [0.717, 1.165) is 11.8 Å². The molecule has 0 spiro atoms. The molecule has 0 amide bonds. The van der Waals surface area contributed by atoms with Crippen molar-refractivity contribution in [1.29, 1.82) is 0 Å². The van der Waals surface area contributed by atoms with Gasteiger partial charge in [0.15, 0.2) is 0 Å². The Bertz CT molecular complexity index is 82.0. The maximum atomic E-state index is 2.30. The summed E-state index contributed by atoms with van der Waals surface area (Å²) in [6, 6.07) is 0. The molecule has 0 aromatic carbocycles. The summed E-state index contributed by atoms with van der Waals surface area (Å²) in [5, 5.41) is 0. The number of rotatable bonds is 0. The molecule has 0 aliphatic heterocycles. The quantitative estimate of drug-likeness (QED) is 0.459. The minimum atomic E-state index is 0.833. The van der Waals surface area contributed by atoms with Gasteiger partial charge >= 0.3 is 0 Å². The Morgan fingerprint density at radius 2 is 1.45 bits per heavy atom. The summed E-state index contributed by atoms with van der Waals surface area (Å²) in [6.45, 7) is 12.6. The first-order valence-corrected chi connectivity index (χ1v) is 4.97. The second-order valence-electron chi connectivity index (χ2n) is 2.50. The highest BCUT2D eigenvalue weighted by molar-refractivity contribution is 4.97. The van der Waals surface area contributed by atoms with Crippen LogP contribution in [0.5, 0.6) is 0 Å². The van der Waals surface area contributed by atoms with E-state index in [1.807, 2.05) is 27.7 Å². The summed E-state index contributed by atoms with van der Waals surface area (Å²) in [4.78, 5) is 0. The van der Waals surface area contributed by atoms with E-state index in [9.17, 15) is 0 Å². The van der Waals surface area contributed by atoms with Crippen molar-refractivity contribution in [3.8, 4) is 0 Å². The van der Waals surface area contributed by atoms with Crippen molar-refractivity contribution in [2.75, 3.05) is 0 Å². The van der Waals surface area contributed by atoms with Crippen molar-refractivity contribution in [3.63, 3.8) is 0 Å². The van der Waals surface area contributed by atoms with Crippen LogP contribution in [0.1, 0.15) is 48.0 Å². The van der Waals surface area contributed by atoms with Crippen molar-refractivity contribution >= 4 is 0 Å². The first-order chi connectivity index (χ1) is 5.30. The molecule has 0 saturated heterocycles. The SMILES string of the molecule is CC.CC.CC1C=CCC1C. The van der Waals surface area contributed by atoms with E-state index in [4.69, 9.17) is 0 Å². The normalized spacial score (nSPS) is 26.4. The van der Waals surface area contributed by atoms with Crippen LogP contribution >= 0.6 is 0 Å². The van der Waals surface area contributed by atoms with Crippen LogP contribution in [0.4, 0.5) is 0 Å². The summed E-state index contributed by atoms with van der Waals surface area (Å²) in [5.74, 6) is 1.74. The third kappa shape index (κ3) is 6.15. The number of hydrogen-bond donors (Lipinski definition) is 0. The Hall–Kier alpha value is -0.260. The summed E-state index contributed by atoms with van der Waals surface area (Å²) in [6.07, 6.45) is 5.86. The van der Waals surface area contributed by atoms with Crippen LogP contribution in [0.3, 0.4) is 0 Å². The summed E-state index contributed by atoms with van der Waals surface area (Å²) >= 11 is 0. The molecule has 2 unspecified atom stereocenters. The molecule has 0 saturated carbocycles. The van der Waals surface area contributed by atoms with Crippen LogP contribution in [0, 0.1) is 11.8 Å². The van der Waals surface area contributed by atoms with Gasteiger partial charge in [-0.05, 0) is 18.3 Å². The predicted molar refractivity (Wildman–Crippen MR) is 54.8 cm³/mol. The summed E-state index contributed by atoms with van der Waals surface area (Å²) in [7, 11) is 0. The van der Waals surface area contributed by atoms with E-state index in [1.165, 1.54) is 6.42 Å². The van der Waals surface area contributed by atoms with Gasteiger partial charge in [0.1, 0.15) is 0 Å². The lowest BCUT2D eigenvalue weighted by atomic mass is 10.0. The topological polar surface area (TPSA) is 0 Å². The van der Waals surface area contributed by atoms with Crippen molar-refractivity contribution in [2.45, 2.75) is 48.0 Å². The van der Waals surface area contributed by atoms with Gasteiger partial charge in [0, 0.05) is 0 Å². The smallest absolute Gasteiger partial charge is 0.0233 e. The lowest BCUT2D eigenvalue weighted by molar-refractivity contribution is 0.498. The number of allylic oxidation sites excluding steroid dienone is 2. The molecule has 11 heavy (non-hydrogen) atoms. The molecule has 0 heteroatoms. The molecule has 1 aliphatic carbocycles. The van der Waals surface area contributed by atoms with Gasteiger partial charge in [-0.25, -0.2) is 0 Å². The Balaban J connectivity index is 0. The second kappa shape index (κ2) is 9.74. The van der Waals surface area contributed by atoms with Gasteiger partial charge in [-0.3, -0.25) is 0 Å². The molecular formula is C11H24. The predicted octanol–water partition coefficient (Wildman–Crippen LogP) is 4.27. The lowest BCUT2D eigenvalue weighted by Crippen LogP contribution is -1.96. The highest BCUT2D eigenvalue weighted by Crippen LogP contribution is 2.22. The molecule has 68 valence electrons. The van der Waals surface area contributed by atoms with Crippen LogP contribution in [0.15, 0.2) is 12.2 Å². The average molecular weight is 156 g/mol. The summed E-state index contributed by atoms with van der Waals surface area (Å²) < 4.78 is 0. The average Bonchev–Trinajstić information content (AvgIpc) is 2.44. The minimum absolute atomic E-state index is 0.833. The van der Waals surface area contributed by atoms with Crippen LogP contribution in [-0.2, 0) is 0 Å². The Labute approximate surface area is 72.7 Å². The summed E-state index contributed by atoms with van der Waals surface area (Å²) in [5.41, 5.74) is 0. The molecule has 0 heterocycles. The number of hydrogen-bond acceptors (Lipinski definition) is 0. The standard InChI is InChI=1S/C7H12.2C2H6/c1-6-4-3-5-7(6)2;2*1-2/h3-4,6-7H,5H2,1-2H3;2*1-2H3. The molecule has 0 bridgehead atoms. The van der Waals surface area contributed by atoms with E-state index in [0.29, 0.717) is 0 Å². The Morgan fingerprint density at radius 3 is 1.55 bits per heavy atom. The second-order valence-corrected chi connectivity index (χ2v) is 2.50. The molecular weight excluding hydrogens is 132 g/mol. The molecule has 0 N–H and O–H groups in total. The van der Waals surface area contributed by atoms with Gasteiger partial charge in [-0.1, -0.05) is 53.7 Å². The van der Waals surface area contributed by atoms with Gasteiger partial charge in [0.2, 0.25) is 0 Å². The molecule has 0 aromatic heterocycles. The molecule has 0 nitrogen and oxygen atoms in total. The van der Waals surface area contributed by atoms with Crippen LogP contribution < -0.4 is 0 Å². The van der Waals surface area contributed by atoms with Crippen LogP contribution in [-0.4, -0.2) is 0 Å². The van der Waals surface area contributed by atoms with Gasteiger partial charge in [0.05, 0.1) is 0 Å². The highest BCUT2D eigenvalue weighted by Gasteiger charge is 2.11. The monoisotopic (exact) mass is 156 g/mol. The molecule has 0 radical (unpaired) electrons. The molecule has 0 fully saturated rings.